The summed E-state index contributed by atoms with van der Waals surface area (Å²) in [6, 6.07) is -0.822. The molecule has 0 aliphatic carbocycles. The Hall–Kier alpha value is -2.29. The minimum Gasteiger partial charge on any atom is -0.465 e. The van der Waals surface area contributed by atoms with Gasteiger partial charge in [0, 0.05) is 18.9 Å². The van der Waals surface area contributed by atoms with Crippen LogP contribution in [0.15, 0.2) is 0 Å². The van der Waals surface area contributed by atoms with Crippen LogP contribution in [0.2, 0.25) is 0 Å². The van der Waals surface area contributed by atoms with Gasteiger partial charge in [-0.2, -0.15) is 0 Å². The minimum atomic E-state index is -0.822. The highest BCUT2D eigenvalue weighted by Gasteiger charge is 2.36. The molecule has 1 rings (SSSR count). The van der Waals surface area contributed by atoms with E-state index in [-0.39, 0.29) is 49.0 Å². The van der Waals surface area contributed by atoms with E-state index in [1.54, 1.807) is 13.8 Å². The van der Waals surface area contributed by atoms with E-state index in [0.717, 1.165) is 0 Å². The Balaban J connectivity index is 2.80. The van der Waals surface area contributed by atoms with Crippen molar-refractivity contribution in [3.8, 4) is 0 Å². The largest absolute Gasteiger partial charge is 0.465 e. The average molecular weight is 440 g/mol. The smallest absolute Gasteiger partial charge is 0.306 e. The van der Waals surface area contributed by atoms with Crippen molar-refractivity contribution in [1.29, 1.82) is 0 Å². The third-order valence-corrected chi connectivity index (χ3v) is 5.10. The number of amides is 2. The number of nitrogens with one attached hydrogen (secondary N) is 3. The van der Waals surface area contributed by atoms with Crippen LogP contribution in [-0.4, -0.2) is 48.5 Å². The molecule has 1 saturated heterocycles. The number of hydrazine groups is 1. The number of esters is 1. The van der Waals surface area contributed by atoms with Crippen LogP contribution in [0, 0.1) is 29.1 Å². The lowest BCUT2D eigenvalue weighted by Crippen LogP contribution is -2.55. The topological polar surface area (TPSA) is 131 Å². The molecule has 9 nitrogen and oxygen atoms in total. The second kappa shape index (κ2) is 11.4. The first kappa shape index (κ1) is 26.7. The van der Waals surface area contributed by atoms with Crippen LogP contribution in [0.5, 0.6) is 0 Å². The summed E-state index contributed by atoms with van der Waals surface area (Å²) in [4.78, 5) is 61.5. The number of Topliss-reactive ketones (excluding diaryl/α,β-unsaturated/α-hetero) is 2. The predicted molar refractivity (Wildman–Crippen MR) is 114 cm³/mol. The van der Waals surface area contributed by atoms with E-state index < -0.39 is 41.4 Å². The van der Waals surface area contributed by atoms with E-state index in [2.05, 4.69) is 16.2 Å². The first-order chi connectivity index (χ1) is 14.2. The molecule has 1 fully saturated rings. The van der Waals surface area contributed by atoms with E-state index in [9.17, 15) is 24.0 Å². The third-order valence-electron chi connectivity index (χ3n) is 5.10. The number of hydrogen-bond acceptors (Lipinski definition) is 7. The van der Waals surface area contributed by atoms with Crippen LogP contribution in [0.25, 0.3) is 0 Å². The fraction of sp³-hybridized carbons (Fsp3) is 0.773. The van der Waals surface area contributed by atoms with Gasteiger partial charge in [0.2, 0.25) is 11.7 Å². The summed E-state index contributed by atoms with van der Waals surface area (Å²) in [6.45, 7) is 13.5. The van der Waals surface area contributed by atoms with Crippen LogP contribution in [-0.2, 0) is 28.7 Å². The van der Waals surface area contributed by atoms with Crippen molar-refractivity contribution in [2.45, 2.75) is 67.3 Å². The fourth-order valence-corrected chi connectivity index (χ4v) is 3.17. The van der Waals surface area contributed by atoms with Gasteiger partial charge >= 0.3 is 11.9 Å². The molecule has 0 saturated carbocycles. The summed E-state index contributed by atoms with van der Waals surface area (Å²) in [5, 5.41) is 2.76. The van der Waals surface area contributed by atoms with Gasteiger partial charge in [-0.15, -0.1) is 0 Å². The maximum atomic E-state index is 12.9. The molecule has 0 radical (unpaired) electrons. The molecular weight excluding hydrogens is 402 g/mol. The van der Waals surface area contributed by atoms with Gasteiger partial charge in [0.1, 0.15) is 0 Å². The second-order valence-corrected chi connectivity index (χ2v) is 10.1. The van der Waals surface area contributed by atoms with Crippen LogP contribution in [0.1, 0.15) is 61.3 Å². The second-order valence-electron chi connectivity index (χ2n) is 10.1. The van der Waals surface area contributed by atoms with Crippen molar-refractivity contribution in [3.63, 3.8) is 0 Å². The summed E-state index contributed by atoms with van der Waals surface area (Å²) in [6.07, 6.45) is -0.230. The van der Waals surface area contributed by atoms with Crippen molar-refractivity contribution in [2.24, 2.45) is 29.1 Å². The van der Waals surface area contributed by atoms with Gasteiger partial charge in [0.15, 0.2) is 5.78 Å². The average Bonchev–Trinajstić information content (AvgIpc) is 2.64. The van der Waals surface area contributed by atoms with Crippen molar-refractivity contribution < 1.29 is 28.7 Å². The van der Waals surface area contributed by atoms with Crippen LogP contribution < -0.4 is 16.2 Å². The van der Waals surface area contributed by atoms with Crippen molar-refractivity contribution >= 4 is 29.4 Å². The molecule has 3 unspecified atom stereocenters. The molecule has 0 bridgehead atoms. The normalized spacial score (nSPS) is 19.1. The van der Waals surface area contributed by atoms with Gasteiger partial charge in [-0.05, 0) is 17.3 Å². The SMILES string of the molecule is CC(C)C(CC(=O)OCC(C)(C)C)C(=O)NC(C(=O)CC1CNNC(=O)C1=O)C(C)C. The molecule has 3 N–H and O–H groups in total. The first-order valence-corrected chi connectivity index (χ1v) is 10.8. The van der Waals surface area contributed by atoms with Gasteiger partial charge in [-0.1, -0.05) is 48.5 Å². The highest BCUT2D eigenvalue weighted by molar-refractivity contribution is 6.37. The fourth-order valence-electron chi connectivity index (χ4n) is 3.17. The highest BCUT2D eigenvalue weighted by Crippen LogP contribution is 2.20. The molecule has 0 aromatic rings. The van der Waals surface area contributed by atoms with Gasteiger partial charge in [-0.25, -0.2) is 5.43 Å². The summed E-state index contributed by atoms with van der Waals surface area (Å²) in [5.74, 6) is -4.39. The monoisotopic (exact) mass is 439 g/mol. The lowest BCUT2D eigenvalue weighted by molar-refractivity contribution is -0.150. The van der Waals surface area contributed by atoms with Crippen molar-refractivity contribution in [1.82, 2.24) is 16.2 Å². The van der Waals surface area contributed by atoms with Gasteiger partial charge < -0.3 is 10.1 Å². The standard InChI is InChI=1S/C22H37N3O6/c1-12(2)15(9-17(27)31-11-22(5,6)7)20(29)24-18(13(3)4)16(26)8-14-10-23-25-21(30)19(14)28/h12-15,18,23H,8-11H2,1-7H3,(H,24,29)(H,25,30). The lowest BCUT2D eigenvalue weighted by Gasteiger charge is -2.28. The molecule has 0 aromatic heterocycles. The number of ether oxygens (including phenoxy) is 1. The van der Waals surface area contributed by atoms with Crippen LogP contribution >= 0.6 is 0 Å². The molecule has 3 atom stereocenters. The Bertz CT molecular complexity index is 696. The zero-order chi connectivity index (χ0) is 23.9. The quantitative estimate of drug-likeness (QED) is 0.344. The Morgan fingerprint density at radius 2 is 1.71 bits per heavy atom. The number of carbonyl (C=O) groups is 5. The predicted octanol–water partition coefficient (Wildman–Crippen LogP) is 1.16. The molecule has 9 heteroatoms. The van der Waals surface area contributed by atoms with Gasteiger partial charge in [0.25, 0.3) is 0 Å². The van der Waals surface area contributed by atoms with E-state index in [1.165, 1.54) is 0 Å². The first-order valence-electron chi connectivity index (χ1n) is 10.8. The van der Waals surface area contributed by atoms with E-state index in [4.69, 9.17) is 4.74 Å². The van der Waals surface area contributed by atoms with Crippen molar-refractivity contribution in [2.75, 3.05) is 13.2 Å². The van der Waals surface area contributed by atoms with Crippen LogP contribution in [0.4, 0.5) is 0 Å². The molecular formula is C22H37N3O6. The number of ketones is 2. The van der Waals surface area contributed by atoms with E-state index >= 15 is 0 Å². The van der Waals surface area contributed by atoms with Crippen molar-refractivity contribution in [3.05, 3.63) is 0 Å². The maximum absolute atomic E-state index is 12.9. The van der Waals surface area contributed by atoms with Crippen LogP contribution in [0.3, 0.4) is 0 Å². The molecule has 2 amide bonds. The summed E-state index contributed by atoms with van der Waals surface area (Å²) in [7, 11) is 0. The molecule has 1 heterocycles. The number of rotatable bonds is 10. The van der Waals surface area contributed by atoms with E-state index in [1.807, 2.05) is 34.6 Å². The molecule has 31 heavy (non-hydrogen) atoms. The minimum absolute atomic E-state index is 0.0796. The highest BCUT2D eigenvalue weighted by atomic mass is 16.5. The third kappa shape index (κ3) is 8.77. The molecule has 1 aliphatic heterocycles. The number of hydrogen-bond donors (Lipinski definition) is 3. The summed E-state index contributed by atoms with van der Waals surface area (Å²) >= 11 is 0. The molecule has 0 aromatic carbocycles. The number of carbonyl (C=O) groups excluding carboxylic acids is 5. The Morgan fingerprint density at radius 1 is 1.10 bits per heavy atom. The summed E-state index contributed by atoms with van der Waals surface area (Å²) < 4.78 is 5.29. The maximum Gasteiger partial charge on any atom is 0.306 e. The zero-order valence-electron chi connectivity index (χ0n) is 19.7. The van der Waals surface area contributed by atoms with Gasteiger partial charge in [-0.3, -0.25) is 29.4 Å². The Labute approximate surface area is 184 Å². The Kier molecular flexibility index (Phi) is 9.80. The lowest BCUT2D eigenvalue weighted by atomic mass is 9.87. The zero-order valence-corrected chi connectivity index (χ0v) is 19.7. The summed E-state index contributed by atoms with van der Waals surface area (Å²) in [5.41, 5.74) is 4.64. The van der Waals surface area contributed by atoms with E-state index in [0.29, 0.717) is 0 Å². The molecule has 1 aliphatic rings. The van der Waals surface area contributed by atoms with Gasteiger partial charge in [0.05, 0.1) is 25.0 Å². The molecule has 176 valence electrons. The molecule has 0 spiro atoms. The Morgan fingerprint density at radius 3 is 2.23 bits per heavy atom.